The number of halogens is 1. The number of nitrogens with zero attached hydrogens (tertiary/aromatic N) is 2. The van der Waals surface area contributed by atoms with Gasteiger partial charge in [-0.05, 0) is 29.9 Å². The zero-order valence-corrected chi connectivity index (χ0v) is 18.8. The summed E-state index contributed by atoms with van der Waals surface area (Å²) in [6.45, 7) is 10.9. The molecular formula is C20H35IN4O. The molecule has 0 radical (unpaired) electrons. The number of nitrogens with one attached hydrogen (secondary N) is 2. The first-order valence-electron chi connectivity index (χ1n) is 9.50. The summed E-state index contributed by atoms with van der Waals surface area (Å²) in [4.78, 5) is 6.77. The molecule has 0 fully saturated rings. The maximum absolute atomic E-state index is 5.62. The zero-order chi connectivity index (χ0) is 17.9. The Kier molecular flexibility index (Phi) is 11.9. The molecular weight excluding hydrogens is 439 g/mol. The highest BCUT2D eigenvalue weighted by Crippen LogP contribution is 2.17. The van der Waals surface area contributed by atoms with E-state index in [4.69, 9.17) is 4.74 Å². The van der Waals surface area contributed by atoms with Crippen LogP contribution in [0.15, 0.2) is 29.3 Å². The van der Waals surface area contributed by atoms with Gasteiger partial charge in [-0.1, -0.05) is 38.1 Å². The van der Waals surface area contributed by atoms with Gasteiger partial charge in [-0.2, -0.15) is 0 Å². The Morgan fingerprint density at radius 1 is 1.15 bits per heavy atom. The average Bonchev–Trinajstić information content (AvgIpc) is 2.62. The minimum Gasteiger partial charge on any atom is -0.380 e. The molecule has 1 aliphatic rings. The number of hydrogen-bond acceptors (Lipinski definition) is 3. The topological polar surface area (TPSA) is 48.9 Å². The van der Waals surface area contributed by atoms with E-state index < -0.39 is 0 Å². The average molecular weight is 474 g/mol. The fourth-order valence-electron chi connectivity index (χ4n) is 2.96. The maximum atomic E-state index is 5.62. The van der Waals surface area contributed by atoms with Crippen LogP contribution in [-0.2, 0) is 17.7 Å². The lowest BCUT2D eigenvalue weighted by Gasteiger charge is -2.28. The highest BCUT2D eigenvalue weighted by molar-refractivity contribution is 14.0. The number of ether oxygens (including phenoxy) is 1. The van der Waals surface area contributed by atoms with Crippen molar-refractivity contribution < 1.29 is 4.74 Å². The van der Waals surface area contributed by atoms with Crippen LogP contribution in [0.1, 0.15) is 31.4 Å². The van der Waals surface area contributed by atoms with Crippen molar-refractivity contribution in [2.75, 3.05) is 46.4 Å². The number of guanidine groups is 1. The molecule has 6 heteroatoms. The summed E-state index contributed by atoms with van der Waals surface area (Å²) in [5.41, 5.74) is 2.97. The first-order valence-corrected chi connectivity index (χ1v) is 9.50. The third-order valence-corrected chi connectivity index (χ3v) is 4.53. The molecule has 2 rings (SSSR count). The van der Waals surface area contributed by atoms with Crippen LogP contribution >= 0.6 is 24.0 Å². The second-order valence-electron chi connectivity index (χ2n) is 7.02. The quantitative estimate of drug-likeness (QED) is 0.250. The normalized spacial score (nSPS) is 14.7. The first-order chi connectivity index (χ1) is 12.2. The predicted octanol–water partition coefficient (Wildman–Crippen LogP) is 2.89. The molecule has 1 aromatic rings. The minimum absolute atomic E-state index is 0. The molecule has 2 N–H and O–H groups in total. The van der Waals surface area contributed by atoms with Gasteiger partial charge in [0.15, 0.2) is 5.96 Å². The summed E-state index contributed by atoms with van der Waals surface area (Å²) in [6.07, 6.45) is 2.27. The van der Waals surface area contributed by atoms with Gasteiger partial charge in [-0.3, -0.25) is 9.89 Å². The molecule has 0 bridgehead atoms. The zero-order valence-electron chi connectivity index (χ0n) is 16.5. The van der Waals surface area contributed by atoms with Gasteiger partial charge in [-0.25, -0.2) is 0 Å². The Bertz CT molecular complexity index is 536. The van der Waals surface area contributed by atoms with Gasteiger partial charge >= 0.3 is 0 Å². The Balaban J connectivity index is 0.00000338. The van der Waals surface area contributed by atoms with Crippen molar-refractivity contribution >= 4 is 29.9 Å². The van der Waals surface area contributed by atoms with Crippen molar-refractivity contribution in [1.29, 1.82) is 0 Å². The molecule has 1 heterocycles. The van der Waals surface area contributed by atoms with Gasteiger partial charge in [0.1, 0.15) is 0 Å². The van der Waals surface area contributed by atoms with Crippen LogP contribution in [0, 0.1) is 5.92 Å². The lowest BCUT2D eigenvalue weighted by Crippen LogP contribution is -2.43. The molecule has 5 nitrogen and oxygen atoms in total. The van der Waals surface area contributed by atoms with Crippen LogP contribution in [0.5, 0.6) is 0 Å². The monoisotopic (exact) mass is 474 g/mol. The van der Waals surface area contributed by atoms with Crippen molar-refractivity contribution in [3.05, 3.63) is 35.4 Å². The molecule has 26 heavy (non-hydrogen) atoms. The van der Waals surface area contributed by atoms with Gasteiger partial charge in [0.25, 0.3) is 0 Å². The third kappa shape index (κ3) is 8.68. The summed E-state index contributed by atoms with van der Waals surface area (Å²) in [7, 11) is 1.81. The van der Waals surface area contributed by atoms with Gasteiger partial charge in [0.2, 0.25) is 0 Å². The minimum atomic E-state index is 0. The Morgan fingerprint density at radius 3 is 2.62 bits per heavy atom. The lowest BCUT2D eigenvalue weighted by atomic mass is 10.00. The largest absolute Gasteiger partial charge is 0.380 e. The molecule has 0 amide bonds. The second kappa shape index (κ2) is 13.3. The van der Waals surface area contributed by atoms with Gasteiger partial charge in [0.05, 0.1) is 6.61 Å². The van der Waals surface area contributed by atoms with E-state index in [0.29, 0.717) is 5.92 Å². The molecule has 1 aliphatic heterocycles. The second-order valence-corrected chi connectivity index (χ2v) is 7.02. The molecule has 148 valence electrons. The molecule has 0 unspecified atom stereocenters. The molecule has 0 aliphatic carbocycles. The van der Waals surface area contributed by atoms with Crippen molar-refractivity contribution in [2.45, 2.75) is 33.2 Å². The van der Waals surface area contributed by atoms with E-state index in [1.54, 1.807) is 0 Å². The van der Waals surface area contributed by atoms with Gasteiger partial charge in [0, 0.05) is 46.4 Å². The number of hydrogen-bond donors (Lipinski definition) is 2. The number of benzene rings is 1. The van der Waals surface area contributed by atoms with Crippen molar-refractivity contribution in [3.63, 3.8) is 0 Å². The summed E-state index contributed by atoms with van der Waals surface area (Å²) < 4.78 is 5.62. The van der Waals surface area contributed by atoms with E-state index in [0.717, 1.165) is 64.7 Å². The number of fused-ring (bicyclic) bond motifs is 1. The van der Waals surface area contributed by atoms with E-state index in [9.17, 15) is 0 Å². The Labute approximate surface area is 176 Å². The summed E-state index contributed by atoms with van der Waals surface area (Å²) >= 11 is 0. The standard InChI is InChI=1S/C20H34N4O.HI/c1-17(2)9-14-25-15-11-23-20(21-3)22-10-13-24-12-8-18-6-4-5-7-19(18)16-24;/h4-7,17H,8-16H2,1-3H3,(H2,21,22,23);1H. The van der Waals surface area contributed by atoms with Crippen LogP contribution in [0.25, 0.3) is 0 Å². The maximum Gasteiger partial charge on any atom is 0.191 e. The number of aliphatic imine (C=N–C) groups is 1. The highest BCUT2D eigenvalue weighted by atomic mass is 127. The van der Waals surface area contributed by atoms with E-state index >= 15 is 0 Å². The van der Waals surface area contributed by atoms with Crippen LogP contribution in [0.3, 0.4) is 0 Å². The fourth-order valence-corrected chi connectivity index (χ4v) is 2.96. The summed E-state index contributed by atoms with van der Waals surface area (Å²) in [5.74, 6) is 1.55. The van der Waals surface area contributed by atoms with Crippen LogP contribution in [-0.4, -0.2) is 57.3 Å². The molecule has 1 aromatic carbocycles. The molecule has 0 saturated heterocycles. The van der Waals surface area contributed by atoms with E-state index in [1.165, 1.54) is 11.1 Å². The number of rotatable bonds is 9. The van der Waals surface area contributed by atoms with Gasteiger partial charge in [-0.15, -0.1) is 24.0 Å². The Hall–Kier alpha value is -0.860. The molecule has 0 spiro atoms. The lowest BCUT2D eigenvalue weighted by molar-refractivity contribution is 0.128. The molecule has 0 saturated carbocycles. The summed E-state index contributed by atoms with van der Waals surface area (Å²) in [5, 5.41) is 6.70. The van der Waals surface area contributed by atoms with Gasteiger partial charge < -0.3 is 15.4 Å². The molecule has 0 atom stereocenters. The van der Waals surface area contributed by atoms with E-state index in [2.05, 4.69) is 58.6 Å². The third-order valence-electron chi connectivity index (χ3n) is 4.53. The molecule has 0 aromatic heterocycles. The van der Waals surface area contributed by atoms with Crippen molar-refractivity contribution in [1.82, 2.24) is 15.5 Å². The fraction of sp³-hybridized carbons (Fsp3) is 0.650. The van der Waals surface area contributed by atoms with Crippen molar-refractivity contribution in [3.8, 4) is 0 Å². The van der Waals surface area contributed by atoms with Crippen molar-refractivity contribution in [2.24, 2.45) is 10.9 Å². The van der Waals surface area contributed by atoms with Crippen LogP contribution in [0.2, 0.25) is 0 Å². The van der Waals surface area contributed by atoms with Crippen LogP contribution in [0.4, 0.5) is 0 Å². The first kappa shape index (κ1) is 23.2. The van der Waals surface area contributed by atoms with E-state index in [-0.39, 0.29) is 24.0 Å². The highest BCUT2D eigenvalue weighted by Gasteiger charge is 2.14. The van der Waals surface area contributed by atoms with E-state index in [1.807, 2.05) is 7.05 Å². The summed E-state index contributed by atoms with van der Waals surface area (Å²) in [6, 6.07) is 8.77. The van der Waals surface area contributed by atoms with Crippen LogP contribution < -0.4 is 10.6 Å². The Morgan fingerprint density at radius 2 is 1.88 bits per heavy atom. The predicted molar refractivity (Wildman–Crippen MR) is 120 cm³/mol. The SMILES string of the molecule is CN=C(NCCOCCC(C)C)NCCN1CCc2ccccc2C1.I. The smallest absolute Gasteiger partial charge is 0.191 e.